The number of aliphatic hydroxyl groups excluding tert-OH is 1. The Hall–Kier alpha value is -1.11. The van der Waals surface area contributed by atoms with Crippen molar-refractivity contribution in [3.05, 3.63) is 23.8 Å². The van der Waals surface area contributed by atoms with E-state index in [1.54, 1.807) is 19.1 Å². The first kappa shape index (κ1) is 14.9. The normalized spacial score (nSPS) is 13.5. The number of nitrogens with one attached hydrogen (secondary N) is 1. The number of anilines is 1. The minimum absolute atomic E-state index is 0.0447. The SMILES string of the molecule is CCC(CCO)NS(=O)(=O)c1cc(C)cc(N)c1. The molecule has 1 aromatic rings. The van der Waals surface area contributed by atoms with Crippen LogP contribution < -0.4 is 10.5 Å². The Morgan fingerprint density at radius 1 is 1.39 bits per heavy atom. The van der Waals surface area contributed by atoms with Crippen LogP contribution in [0.15, 0.2) is 23.1 Å². The van der Waals surface area contributed by atoms with Crippen LogP contribution in [0.3, 0.4) is 0 Å². The van der Waals surface area contributed by atoms with Gasteiger partial charge in [0.15, 0.2) is 0 Å². The second-order valence-electron chi connectivity index (χ2n) is 4.32. The minimum Gasteiger partial charge on any atom is -0.399 e. The van der Waals surface area contributed by atoms with E-state index in [-0.39, 0.29) is 17.5 Å². The topological polar surface area (TPSA) is 92.4 Å². The molecule has 0 aliphatic rings. The molecule has 18 heavy (non-hydrogen) atoms. The summed E-state index contributed by atoms with van der Waals surface area (Å²) in [6.07, 6.45) is 1.03. The number of aryl methyl sites for hydroxylation is 1. The maximum Gasteiger partial charge on any atom is 0.240 e. The van der Waals surface area contributed by atoms with E-state index in [9.17, 15) is 8.42 Å². The van der Waals surface area contributed by atoms with Gasteiger partial charge in [-0.15, -0.1) is 0 Å². The highest BCUT2D eigenvalue weighted by atomic mass is 32.2. The molecule has 0 saturated carbocycles. The third kappa shape index (κ3) is 3.97. The van der Waals surface area contributed by atoms with Gasteiger partial charge in [0, 0.05) is 18.3 Å². The molecular weight excluding hydrogens is 252 g/mol. The summed E-state index contributed by atoms with van der Waals surface area (Å²) in [6, 6.07) is 4.46. The average Bonchev–Trinajstić information content (AvgIpc) is 2.27. The zero-order chi connectivity index (χ0) is 13.8. The number of benzene rings is 1. The van der Waals surface area contributed by atoms with Crippen molar-refractivity contribution in [3.8, 4) is 0 Å². The van der Waals surface area contributed by atoms with Crippen LogP contribution in [0.2, 0.25) is 0 Å². The lowest BCUT2D eigenvalue weighted by atomic mass is 10.2. The standard InChI is InChI=1S/C12H20N2O3S/c1-3-11(4-5-15)14-18(16,17)12-7-9(2)6-10(13)8-12/h6-8,11,14-15H,3-5,13H2,1-2H3. The Morgan fingerprint density at radius 3 is 2.56 bits per heavy atom. The molecule has 0 fully saturated rings. The van der Waals surface area contributed by atoms with Crippen molar-refractivity contribution < 1.29 is 13.5 Å². The fraction of sp³-hybridized carbons (Fsp3) is 0.500. The second-order valence-corrected chi connectivity index (χ2v) is 6.03. The van der Waals surface area contributed by atoms with Crippen LogP contribution in [-0.4, -0.2) is 26.2 Å². The first-order chi connectivity index (χ1) is 8.39. The molecule has 0 saturated heterocycles. The van der Waals surface area contributed by atoms with Crippen LogP contribution in [-0.2, 0) is 10.0 Å². The van der Waals surface area contributed by atoms with E-state index in [4.69, 9.17) is 10.8 Å². The van der Waals surface area contributed by atoms with E-state index < -0.39 is 10.0 Å². The van der Waals surface area contributed by atoms with Gasteiger partial charge in [0.1, 0.15) is 0 Å². The Morgan fingerprint density at radius 2 is 2.06 bits per heavy atom. The number of nitrogens with two attached hydrogens (primary N) is 1. The summed E-state index contributed by atoms with van der Waals surface area (Å²) in [5.41, 5.74) is 6.86. The predicted octanol–water partition coefficient (Wildman–Crippen LogP) is 1.02. The van der Waals surface area contributed by atoms with Gasteiger partial charge in [0.2, 0.25) is 10.0 Å². The van der Waals surface area contributed by atoms with Gasteiger partial charge < -0.3 is 10.8 Å². The number of sulfonamides is 1. The van der Waals surface area contributed by atoms with Crippen molar-refractivity contribution in [1.82, 2.24) is 4.72 Å². The van der Waals surface area contributed by atoms with Gasteiger partial charge in [-0.2, -0.15) is 0 Å². The fourth-order valence-corrected chi connectivity index (χ4v) is 3.21. The number of rotatable bonds is 6. The highest BCUT2D eigenvalue weighted by molar-refractivity contribution is 7.89. The quantitative estimate of drug-likeness (QED) is 0.674. The molecule has 1 aromatic carbocycles. The number of hydrogen-bond acceptors (Lipinski definition) is 4. The molecule has 0 spiro atoms. The van der Waals surface area contributed by atoms with Gasteiger partial charge in [-0.05, 0) is 43.5 Å². The summed E-state index contributed by atoms with van der Waals surface area (Å²) in [4.78, 5) is 0.163. The van der Waals surface area contributed by atoms with E-state index >= 15 is 0 Å². The molecular formula is C12H20N2O3S. The number of hydrogen-bond donors (Lipinski definition) is 3. The van der Waals surface area contributed by atoms with Crippen LogP contribution in [0.4, 0.5) is 5.69 Å². The summed E-state index contributed by atoms with van der Waals surface area (Å²) in [5.74, 6) is 0. The van der Waals surface area contributed by atoms with Gasteiger partial charge in [0.05, 0.1) is 4.90 Å². The predicted molar refractivity (Wildman–Crippen MR) is 71.7 cm³/mol. The van der Waals surface area contributed by atoms with Crippen molar-refractivity contribution in [2.24, 2.45) is 0 Å². The molecule has 0 heterocycles. The summed E-state index contributed by atoms with van der Waals surface area (Å²) in [6.45, 7) is 3.62. The van der Waals surface area contributed by atoms with E-state index in [1.165, 1.54) is 6.07 Å². The summed E-state index contributed by atoms with van der Waals surface area (Å²) < 4.78 is 26.8. The highest BCUT2D eigenvalue weighted by Crippen LogP contribution is 2.17. The molecule has 0 aliphatic heterocycles. The third-order valence-corrected chi connectivity index (χ3v) is 4.18. The maximum absolute atomic E-state index is 12.1. The second kappa shape index (κ2) is 6.17. The molecule has 6 heteroatoms. The van der Waals surface area contributed by atoms with Crippen LogP contribution in [0.5, 0.6) is 0 Å². The van der Waals surface area contributed by atoms with Crippen molar-refractivity contribution in [3.63, 3.8) is 0 Å². The van der Waals surface area contributed by atoms with E-state index in [0.29, 0.717) is 18.5 Å². The Balaban J connectivity index is 2.98. The zero-order valence-electron chi connectivity index (χ0n) is 10.7. The number of aliphatic hydroxyl groups is 1. The van der Waals surface area contributed by atoms with Gasteiger partial charge >= 0.3 is 0 Å². The van der Waals surface area contributed by atoms with Crippen molar-refractivity contribution in [2.75, 3.05) is 12.3 Å². The van der Waals surface area contributed by atoms with Gasteiger partial charge in [-0.3, -0.25) is 0 Å². The molecule has 1 atom stereocenters. The minimum atomic E-state index is -3.58. The molecule has 0 aromatic heterocycles. The maximum atomic E-state index is 12.1. The lowest BCUT2D eigenvalue weighted by Crippen LogP contribution is -2.35. The largest absolute Gasteiger partial charge is 0.399 e. The molecule has 1 unspecified atom stereocenters. The molecule has 102 valence electrons. The highest BCUT2D eigenvalue weighted by Gasteiger charge is 2.19. The van der Waals surface area contributed by atoms with Gasteiger partial charge in [-0.1, -0.05) is 6.92 Å². The van der Waals surface area contributed by atoms with Gasteiger partial charge in [-0.25, -0.2) is 13.1 Å². The summed E-state index contributed by atoms with van der Waals surface area (Å²) >= 11 is 0. The van der Waals surface area contributed by atoms with E-state index in [1.807, 2.05) is 6.92 Å². The Kier molecular flexibility index (Phi) is 5.13. The lowest BCUT2D eigenvalue weighted by molar-refractivity contribution is 0.270. The van der Waals surface area contributed by atoms with Crippen molar-refractivity contribution in [2.45, 2.75) is 37.6 Å². The average molecular weight is 272 g/mol. The first-order valence-corrected chi connectivity index (χ1v) is 7.37. The monoisotopic (exact) mass is 272 g/mol. The fourth-order valence-electron chi connectivity index (χ4n) is 1.72. The third-order valence-electron chi connectivity index (χ3n) is 2.68. The number of nitrogen functional groups attached to an aromatic ring is 1. The van der Waals surface area contributed by atoms with Crippen LogP contribution >= 0.6 is 0 Å². The van der Waals surface area contributed by atoms with Gasteiger partial charge in [0.25, 0.3) is 0 Å². The summed E-state index contributed by atoms with van der Waals surface area (Å²) in [5, 5.41) is 8.87. The van der Waals surface area contributed by atoms with Crippen LogP contribution in [0.25, 0.3) is 0 Å². The Bertz CT molecular complexity index is 480. The molecule has 4 N–H and O–H groups in total. The molecule has 0 amide bonds. The van der Waals surface area contributed by atoms with Crippen molar-refractivity contribution >= 4 is 15.7 Å². The lowest BCUT2D eigenvalue weighted by Gasteiger charge is -2.16. The van der Waals surface area contributed by atoms with E-state index in [2.05, 4.69) is 4.72 Å². The molecule has 1 rings (SSSR count). The Labute approximate surface area is 108 Å². The first-order valence-electron chi connectivity index (χ1n) is 5.89. The molecule has 0 aliphatic carbocycles. The molecule has 5 nitrogen and oxygen atoms in total. The summed E-state index contributed by atoms with van der Waals surface area (Å²) in [7, 11) is -3.58. The molecule has 0 radical (unpaired) electrons. The smallest absolute Gasteiger partial charge is 0.240 e. The zero-order valence-corrected chi connectivity index (χ0v) is 11.5. The molecule has 0 bridgehead atoms. The van der Waals surface area contributed by atoms with Crippen molar-refractivity contribution in [1.29, 1.82) is 0 Å². The van der Waals surface area contributed by atoms with Crippen LogP contribution in [0.1, 0.15) is 25.3 Å². The van der Waals surface area contributed by atoms with E-state index in [0.717, 1.165) is 5.56 Å². The van der Waals surface area contributed by atoms with Crippen LogP contribution in [0, 0.1) is 6.92 Å².